The van der Waals surface area contributed by atoms with Crippen LogP contribution >= 0.6 is 0 Å². The number of benzene rings is 3. The van der Waals surface area contributed by atoms with E-state index in [9.17, 15) is 5.11 Å². The summed E-state index contributed by atoms with van der Waals surface area (Å²) in [5.41, 5.74) is 3.25. The Hall–Kier alpha value is -3.24. The van der Waals surface area contributed by atoms with Crippen molar-refractivity contribution in [3.8, 4) is 0 Å². The third kappa shape index (κ3) is 14.4. The van der Waals surface area contributed by atoms with Crippen LogP contribution in [0, 0.1) is 0 Å². The van der Waals surface area contributed by atoms with Crippen molar-refractivity contribution in [3.63, 3.8) is 0 Å². The minimum absolute atomic E-state index is 0.226. The Balaban J connectivity index is 0.000000249. The molecule has 33 heavy (non-hydrogen) atoms. The van der Waals surface area contributed by atoms with Crippen LogP contribution in [0.25, 0.3) is 12.2 Å². The lowest BCUT2D eigenvalue weighted by Gasteiger charge is -2.02. The average Bonchev–Trinajstić information content (AvgIpc) is 2.86. The predicted molar refractivity (Wildman–Crippen MR) is 141 cm³/mol. The molecule has 2 atom stereocenters. The Morgan fingerprint density at radius 3 is 1.61 bits per heavy atom. The first-order valence-corrected chi connectivity index (χ1v) is 11.1. The van der Waals surface area contributed by atoms with Gasteiger partial charge in [0.1, 0.15) is 0 Å². The molecule has 0 heterocycles. The van der Waals surface area contributed by atoms with Crippen LogP contribution in [0.4, 0.5) is 0 Å². The molecule has 0 aromatic heterocycles. The van der Waals surface area contributed by atoms with E-state index in [0.717, 1.165) is 18.4 Å². The third-order valence-electron chi connectivity index (χ3n) is 4.36. The van der Waals surface area contributed by atoms with E-state index < -0.39 is 6.10 Å². The van der Waals surface area contributed by atoms with Crippen molar-refractivity contribution in [2.75, 3.05) is 6.61 Å². The highest BCUT2D eigenvalue weighted by Crippen LogP contribution is 2.11. The largest absolute Gasteiger partial charge is 0.396 e. The second kappa shape index (κ2) is 18.3. The Labute approximate surface area is 198 Å². The van der Waals surface area contributed by atoms with E-state index in [2.05, 4.69) is 6.58 Å². The molecule has 3 nitrogen and oxygen atoms in total. The molecule has 0 bridgehead atoms. The number of rotatable bonds is 8. The summed E-state index contributed by atoms with van der Waals surface area (Å²) in [5.74, 6) is 0. The van der Waals surface area contributed by atoms with Gasteiger partial charge in [-0.25, -0.2) is 0 Å². The molecular formula is C30H36O3. The van der Waals surface area contributed by atoms with E-state index >= 15 is 0 Å². The quantitative estimate of drug-likeness (QED) is 0.350. The Bertz CT molecular complexity index is 901. The molecule has 0 saturated carbocycles. The summed E-state index contributed by atoms with van der Waals surface area (Å²) in [4.78, 5) is 0. The van der Waals surface area contributed by atoms with Crippen LogP contribution < -0.4 is 0 Å². The van der Waals surface area contributed by atoms with Crippen molar-refractivity contribution in [2.24, 2.45) is 0 Å². The lowest BCUT2D eigenvalue weighted by atomic mass is 10.1. The van der Waals surface area contributed by atoms with Crippen LogP contribution in [0.3, 0.4) is 0 Å². The van der Waals surface area contributed by atoms with E-state index in [1.54, 1.807) is 6.92 Å². The molecule has 0 spiro atoms. The summed E-state index contributed by atoms with van der Waals surface area (Å²) in [6.45, 7) is 5.50. The van der Waals surface area contributed by atoms with Gasteiger partial charge in [0.2, 0.25) is 0 Å². The van der Waals surface area contributed by atoms with Gasteiger partial charge in [0.05, 0.1) is 12.2 Å². The van der Waals surface area contributed by atoms with Gasteiger partial charge in [-0.3, -0.25) is 0 Å². The van der Waals surface area contributed by atoms with Gasteiger partial charge in [0, 0.05) is 6.61 Å². The van der Waals surface area contributed by atoms with Gasteiger partial charge in [-0.2, -0.15) is 0 Å². The van der Waals surface area contributed by atoms with Gasteiger partial charge in [-0.1, -0.05) is 121 Å². The SMILES string of the molecule is C=CC(O)c1ccccc1.CC(O)CC=Cc1ccccc1.OCCC=Cc1ccccc1. The molecule has 0 fully saturated rings. The lowest BCUT2D eigenvalue weighted by Crippen LogP contribution is -1.94. The van der Waals surface area contributed by atoms with E-state index in [4.69, 9.17) is 10.2 Å². The molecule has 0 saturated heterocycles. The van der Waals surface area contributed by atoms with Crippen LogP contribution in [0.2, 0.25) is 0 Å². The van der Waals surface area contributed by atoms with Gasteiger partial charge >= 0.3 is 0 Å². The second-order valence-electron chi connectivity index (χ2n) is 7.31. The molecule has 0 aliphatic rings. The summed E-state index contributed by atoms with van der Waals surface area (Å²) < 4.78 is 0. The van der Waals surface area contributed by atoms with Gasteiger partial charge in [0.15, 0.2) is 0 Å². The van der Waals surface area contributed by atoms with Crippen molar-refractivity contribution in [3.05, 3.63) is 132 Å². The van der Waals surface area contributed by atoms with E-state index in [1.165, 1.54) is 17.2 Å². The Morgan fingerprint density at radius 2 is 1.18 bits per heavy atom. The molecular weight excluding hydrogens is 408 g/mol. The lowest BCUT2D eigenvalue weighted by molar-refractivity contribution is 0.199. The maximum Gasteiger partial charge on any atom is 0.0969 e. The zero-order chi connectivity index (χ0) is 24.2. The summed E-state index contributed by atoms with van der Waals surface area (Å²) in [7, 11) is 0. The van der Waals surface area contributed by atoms with Crippen molar-refractivity contribution in [1.29, 1.82) is 0 Å². The van der Waals surface area contributed by atoms with Crippen molar-refractivity contribution in [2.45, 2.75) is 32.0 Å². The normalized spacial score (nSPS) is 12.2. The van der Waals surface area contributed by atoms with Crippen molar-refractivity contribution >= 4 is 12.2 Å². The van der Waals surface area contributed by atoms with Crippen LogP contribution in [-0.4, -0.2) is 28.0 Å². The molecule has 0 radical (unpaired) electrons. The summed E-state index contributed by atoms with van der Waals surface area (Å²) in [6.07, 6.45) is 10.2. The smallest absolute Gasteiger partial charge is 0.0969 e. The van der Waals surface area contributed by atoms with Crippen molar-refractivity contribution < 1.29 is 15.3 Å². The highest BCUT2D eigenvalue weighted by molar-refractivity contribution is 5.49. The number of hydrogen-bond donors (Lipinski definition) is 3. The zero-order valence-electron chi connectivity index (χ0n) is 19.4. The monoisotopic (exact) mass is 444 g/mol. The maximum absolute atomic E-state index is 9.21. The van der Waals surface area contributed by atoms with E-state index in [-0.39, 0.29) is 12.7 Å². The van der Waals surface area contributed by atoms with Crippen LogP contribution in [0.5, 0.6) is 0 Å². The molecule has 3 aromatic rings. The van der Waals surface area contributed by atoms with E-state index in [0.29, 0.717) is 0 Å². The summed E-state index contributed by atoms with van der Waals surface area (Å²) >= 11 is 0. The molecule has 0 aliphatic heterocycles. The van der Waals surface area contributed by atoms with Gasteiger partial charge in [0.25, 0.3) is 0 Å². The number of hydrogen-bond acceptors (Lipinski definition) is 3. The van der Waals surface area contributed by atoms with Gasteiger partial charge < -0.3 is 15.3 Å². The second-order valence-corrected chi connectivity index (χ2v) is 7.31. The van der Waals surface area contributed by atoms with E-state index in [1.807, 2.05) is 115 Å². The number of aliphatic hydroxyl groups excluding tert-OH is 3. The van der Waals surface area contributed by atoms with Crippen molar-refractivity contribution in [1.82, 2.24) is 0 Å². The molecule has 0 amide bonds. The molecule has 3 rings (SSSR count). The predicted octanol–water partition coefficient (Wildman–Crippen LogP) is 6.46. The zero-order valence-corrected chi connectivity index (χ0v) is 19.4. The first-order chi connectivity index (χ1) is 16.1. The number of aliphatic hydroxyl groups is 3. The molecule has 2 unspecified atom stereocenters. The first-order valence-electron chi connectivity index (χ1n) is 11.1. The summed E-state index contributed by atoms with van der Waals surface area (Å²) in [5, 5.41) is 26.7. The average molecular weight is 445 g/mol. The van der Waals surface area contributed by atoms with Crippen LogP contribution in [0.15, 0.2) is 116 Å². The molecule has 174 valence electrons. The molecule has 3 heteroatoms. The van der Waals surface area contributed by atoms with Crippen LogP contribution in [-0.2, 0) is 0 Å². The Kier molecular flexibility index (Phi) is 15.4. The van der Waals surface area contributed by atoms with Crippen LogP contribution in [0.1, 0.15) is 42.6 Å². The molecule has 0 aliphatic carbocycles. The first kappa shape index (κ1) is 27.8. The maximum atomic E-state index is 9.21. The highest BCUT2D eigenvalue weighted by Gasteiger charge is 1.98. The van der Waals surface area contributed by atoms with Gasteiger partial charge in [-0.05, 0) is 36.5 Å². The standard InChI is InChI=1S/C11H14O.C10H12O.C9H10O/c1-10(12)6-5-9-11-7-3-2-4-8-11;11-9-5-4-8-10-6-2-1-3-7-10;1-2-9(10)8-6-4-3-5-7-8/h2-5,7-10,12H,6H2,1H3;1-4,6-8,11H,5,9H2;2-7,9-10H,1H2. The minimum atomic E-state index is -0.527. The minimum Gasteiger partial charge on any atom is -0.396 e. The fourth-order valence-electron chi connectivity index (χ4n) is 2.61. The fourth-order valence-corrected chi connectivity index (χ4v) is 2.61. The third-order valence-corrected chi connectivity index (χ3v) is 4.36. The molecule has 3 aromatic carbocycles. The molecule has 3 N–H and O–H groups in total. The highest BCUT2D eigenvalue weighted by atomic mass is 16.3. The van der Waals surface area contributed by atoms with Gasteiger partial charge in [-0.15, -0.1) is 6.58 Å². The Morgan fingerprint density at radius 1 is 0.727 bits per heavy atom. The topological polar surface area (TPSA) is 60.7 Å². The summed E-state index contributed by atoms with van der Waals surface area (Å²) in [6, 6.07) is 29.6. The fraction of sp³-hybridized carbons (Fsp3) is 0.200.